The molecular formula is C16H25N5O3. The van der Waals surface area contributed by atoms with Gasteiger partial charge in [-0.25, -0.2) is 4.98 Å². The van der Waals surface area contributed by atoms with Crippen LogP contribution >= 0.6 is 0 Å². The number of hydrogen-bond donors (Lipinski definition) is 3. The van der Waals surface area contributed by atoms with E-state index in [-0.39, 0.29) is 24.3 Å². The molecule has 1 aliphatic rings. The SMILES string of the molecule is CC(C)[C@H](N)C(=O)NCC(=O)Nc1cccnc1N1CCOCC1. The highest BCUT2D eigenvalue weighted by molar-refractivity contribution is 5.97. The number of nitrogens with one attached hydrogen (secondary N) is 2. The van der Waals surface area contributed by atoms with Gasteiger partial charge in [-0.1, -0.05) is 13.8 Å². The van der Waals surface area contributed by atoms with Crippen LogP contribution in [0.25, 0.3) is 0 Å². The van der Waals surface area contributed by atoms with Crippen LogP contribution in [0.2, 0.25) is 0 Å². The second kappa shape index (κ2) is 8.60. The lowest BCUT2D eigenvalue weighted by atomic mass is 10.1. The Hall–Kier alpha value is -2.19. The Bertz CT molecular complexity index is 573. The Morgan fingerprint density at radius 3 is 2.75 bits per heavy atom. The molecule has 1 saturated heterocycles. The molecule has 2 rings (SSSR count). The molecule has 24 heavy (non-hydrogen) atoms. The number of anilines is 2. The third kappa shape index (κ3) is 4.90. The van der Waals surface area contributed by atoms with Gasteiger partial charge in [0.25, 0.3) is 0 Å². The number of rotatable bonds is 6. The fraction of sp³-hybridized carbons (Fsp3) is 0.562. The average molecular weight is 335 g/mol. The molecule has 2 amide bonds. The zero-order chi connectivity index (χ0) is 17.5. The zero-order valence-corrected chi connectivity index (χ0v) is 14.1. The van der Waals surface area contributed by atoms with Crippen molar-refractivity contribution in [1.29, 1.82) is 0 Å². The largest absolute Gasteiger partial charge is 0.378 e. The van der Waals surface area contributed by atoms with E-state index in [2.05, 4.69) is 20.5 Å². The summed E-state index contributed by atoms with van der Waals surface area (Å²) in [5.41, 5.74) is 6.37. The Morgan fingerprint density at radius 2 is 2.08 bits per heavy atom. The molecule has 1 fully saturated rings. The highest BCUT2D eigenvalue weighted by Crippen LogP contribution is 2.23. The zero-order valence-electron chi connectivity index (χ0n) is 14.1. The van der Waals surface area contributed by atoms with Crippen molar-refractivity contribution >= 4 is 23.3 Å². The molecule has 2 heterocycles. The Kier molecular flexibility index (Phi) is 6.51. The molecule has 0 spiro atoms. The molecule has 0 saturated carbocycles. The first-order valence-corrected chi connectivity index (χ1v) is 8.10. The van der Waals surface area contributed by atoms with E-state index >= 15 is 0 Å². The van der Waals surface area contributed by atoms with Crippen molar-refractivity contribution in [3.05, 3.63) is 18.3 Å². The van der Waals surface area contributed by atoms with Crippen LogP contribution in [0.1, 0.15) is 13.8 Å². The minimum Gasteiger partial charge on any atom is -0.378 e. The summed E-state index contributed by atoms with van der Waals surface area (Å²) in [6, 6.07) is 2.92. The second-order valence-electron chi connectivity index (χ2n) is 6.01. The second-order valence-corrected chi connectivity index (χ2v) is 6.01. The van der Waals surface area contributed by atoms with Crippen LogP contribution in [0.15, 0.2) is 18.3 Å². The van der Waals surface area contributed by atoms with Gasteiger partial charge in [-0.3, -0.25) is 9.59 Å². The lowest BCUT2D eigenvalue weighted by molar-refractivity contribution is -0.125. The van der Waals surface area contributed by atoms with E-state index in [9.17, 15) is 9.59 Å². The van der Waals surface area contributed by atoms with E-state index in [1.165, 1.54) is 0 Å². The maximum absolute atomic E-state index is 12.1. The fourth-order valence-corrected chi connectivity index (χ4v) is 2.30. The molecule has 1 aromatic rings. The minimum absolute atomic E-state index is 0.0132. The molecule has 0 aromatic carbocycles. The van der Waals surface area contributed by atoms with Crippen LogP contribution in [0.4, 0.5) is 11.5 Å². The summed E-state index contributed by atoms with van der Waals surface area (Å²) in [6.45, 7) is 6.29. The fourth-order valence-electron chi connectivity index (χ4n) is 2.30. The van der Waals surface area contributed by atoms with Crippen LogP contribution in [0.5, 0.6) is 0 Å². The molecule has 0 radical (unpaired) electrons. The standard InChI is InChI=1S/C16H25N5O3/c1-11(2)14(17)16(23)19-10-13(22)20-12-4-3-5-18-15(12)21-6-8-24-9-7-21/h3-5,11,14H,6-10,17H2,1-2H3,(H,19,23)(H,20,22)/t14-/m0/s1. The number of pyridine rings is 1. The highest BCUT2D eigenvalue weighted by Gasteiger charge is 2.19. The topological polar surface area (TPSA) is 110 Å². The molecule has 1 atom stereocenters. The van der Waals surface area contributed by atoms with Crippen molar-refractivity contribution in [2.45, 2.75) is 19.9 Å². The molecule has 0 bridgehead atoms. The van der Waals surface area contributed by atoms with Crippen LogP contribution in [-0.4, -0.2) is 55.7 Å². The van der Waals surface area contributed by atoms with Gasteiger partial charge in [0.15, 0.2) is 5.82 Å². The number of hydrogen-bond acceptors (Lipinski definition) is 6. The van der Waals surface area contributed by atoms with Crippen molar-refractivity contribution in [1.82, 2.24) is 10.3 Å². The summed E-state index contributed by atoms with van der Waals surface area (Å²) < 4.78 is 5.33. The maximum Gasteiger partial charge on any atom is 0.243 e. The van der Waals surface area contributed by atoms with Gasteiger partial charge >= 0.3 is 0 Å². The van der Waals surface area contributed by atoms with Gasteiger partial charge in [-0.2, -0.15) is 0 Å². The van der Waals surface area contributed by atoms with E-state index in [0.717, 1.165) is 13.1 Å². The van der Waals surface area contributed by atoms with Crippen molar-refractivity contribution in [2.24, 2.45) is 11.7 Å². The molecule has 0 unspecified atom stereocenters. The normalized spacial score (nSPS) is 15.9. The molecule has 0 aliphatic carbocycles. The van der Waals surface area contributed by atoms with E-state index in [0.29, 0.717) is 24.7 Å². The van der Waals surface area contributed by atoms with Gasteiger partial charge in [0.05, 0.1) is 31.5 Å². The van der Waals surface area contributed by atoms with Gasteiger partial charge in [0, 0.05) is 19.3 Å². The summed E-state index contributed by atoms with van der Waals surface area (Å²) in [4.78, 5) is 30.3. The van der Waals surface area contributed by atoms with E-state index in [1.807, 2.05) is 13.8 Å². The molecular weight excluding hydrogens is 310 g/mol. The van der Waals surface area contributed by atoms with Crippen molar-refractivity contribution in [2.75, 3.05) is 43.1 Å². The molecule has 8 nitrogen and oxygen atoms in total. The summed E-state index contributed by atoms with van der Waals surface area (Å²) in [7, 11) is 0. The molecule has 1 aromatic heterocycles. The Balaban J connectivity index is 1.93. The summed E-state index contributed by atoms with van der Waals surface area (Å²) in [6.07, 6.45) is 1.68. The number of nitrogens with zero attached hydrogens (tertiary/aromatic N) is 2. The number of nitrogens with two attached hydrogens (primary N) is 1. The number of carbonyl (C=O) groups excluding carboxylic acids is 2. The van der Waals surface area contributed by atoms with Crippen molar-refractivity contribution < 1.29 is 14.3 Å². The monoisotopic (exact) mass is 335 g/mol. The highest BCUT2D eigenvalue weighted by atomic mass is 16.5. The molecule has 4 N–H and O–H groups in total. The van der Waals surface area contributed by atoms with Gasteiger partial charge in [-0.15, -0.1) is 0 Å². The van der Waals surface area contributed by atoms with Crippen LogP contribution < -0.4 is 21.3 Å². The number of ether oxygens (including phenoxy) is 1. The van der Waals surface area contributed by atoms with Crippen molar-refractivity contribution in [3.8, 4) is 0 Å². The number of carbonyl (C=O) groups is 2. The lowest BCUT2D eigenvalue weighted by Gasteiger charge is -2.29. The third-order valence-electron chi connectivity index (χ3n) is 3.82. The number of aromatic nitrogens is 1. The summed E-state index contributed by atoms with van der Waals surface area (Å²) in [5, 5.41) is 5.34. The molecule has 132 valence electrons. The first-order chi connectivity index (χ1) is 11.5. The van der Waals surface area contributed by atoms with Gasteiger partial charge in [0.2, 0.25) is 11.8 Å². The Morgan fingerprint density at radius 1 is 1.38 bits per heavy atom. The predicted octanol–water partition coefficient (Wildman–Crippen LogP) is -0.0438. The minimum atomic E-state index is -0.625. The van der Waals surface area contributed by atoms with E-state index in [1.54, 1.807) is 18.3 Å². The van der Waals surface area contributed by atoms with E-state index in [4.69, 9.17) is 10.5 Å². The quantitative estimate of drug-likeness (QED) is 0.673. The predicted molar refractivity (Wildman–Crippen MR) is 91.7 cm³/mol. The number of amides is 2. The van der Waals surface area contributed by atoms with Crippen LogP contribution in [-0.2, 0) is 14.3 Å². The number of morpholine rings is 1. The first kappa shape index (κ1) is 18.2. The summed E-state index contributed by atoms with van der Waals surface area (Å²) in [5.74, 6) is 0.0696. The maximum atomic E-state index is 12.1. The van der Waals surface area contributed by atoms with Crippen molar-refractivity contribution in [3.63, 3.8) is 0 Å². The molecule has 8 heteroatoms. The third-order valence-corrected chi connectivity index (χ3v) is 3.82. The molecule has 1 aliphatic heterocycles. The Labute approximate surface area is 141 Å². The van der Waals surface area contributed by atoms with Gasteiger partial charge in [-0.05, 0) is 18.1 Å². The average Bonchev–Trinajstić information content (AvgIpc) is 2.60. The van der Waals surface area contributed by atoms with Crippen LogP contribution in [0, 0.1) is 5.92 Å². The summed E-state index contributed by atoms with van der Waals surface area (Å²) >= 11 is 0. The van der Waals surface area contributed by atoms with Gasteiger partial charge in [0.1, 0.15) is 0 Å². The van der Waals surface area contributed by atoms with Gasteiger partial charge < -0.3 is 26.0 Å². The van der Waals surface area contributed by atoms with E-state index < -0.39 is 6.04 Å². The first-order valence-electron chi connectivity index (χ1n) is 8.10. The van der Waals surface area contributed by atoms with Crippen LogP contribution in [0.3, 0.4) is 0 Å². The lowest BCUT2D eigenvalue weighted by Crippen LogP contribution is -2.46. The smallest absolute Gasteiger partial charge is 0.243 e.